The third-order valence-corrected chi connectivity index (χ3v) is 3.96. The highest BCUT2D eigenvalue weighted by Gasteiger charge is 2.29. The predicted octanol–water partition coefficient (Wildman–Crippen LogP) is 3.11. The summed E-state index contributed by atoms with van der Waals surface area (Å²) in [5.74, 6) is -2.60. The van der Waals surface area contributed by atoms with Crippen LogP contribution in [0.15, 0.2) is 18.2 Å². The molecule has 2 rings (SSSR count). The summed E-state index contributed by atoms with van der Waals surface area (Å²) in [6.45, 7) is -0.314. The van der Waals surface area contributed by atoms with Crippen LogP contribution >= 0.6 is 0 Å². The lowest BCUT2D eigenvalue weighted by atomic mass is 9.93. The lowest BCUT2D eigenvalue weighted by Crippen LogP contribution is -2.43. The van der Waals surface area contributed by atoms with E-state index in [-0.39, 0.29) is 6.04 Å². The highest BCUT2D eigenvalue weighted by Crippen LogP contribution is 2.26. The number of hydrogen-bond acceptors (Lipinski definition) is 3. The van der Waals surface area contributed by atoms with Gasteiger partial charge in [-0.25, -0.2) is 4.39 Å². The number of ether oxygens (including phenoxy) is 1. The van der Waals surface area contributed by atoms with Crippen molar-refractivity contribution in [2.24, 2.45) is 5.92 Å². The second kappa shape index (κ2) is 7.00. The molecule has 0 saturated carbocycles. The summed E-state index contributed by atoms with van der Waals surface area (Å²) in [7, 11) is 0. The number of rotatable bonds is 5. The summed E-state index contributed by atoms with van der Waals surface area (Å²) in [5, 5.41) is 9.10. The Bertz CT molecular complexity index is 539. The first-order valence-electron chi connectivity index (χ1n) is 7.07. The van der Waals surface area contributed by atoms with Gasteiger partial charge in [0.05, 0.1) is 5.92 Å². The molecule has 1 heterocycles. The van der Waals surface area contributed by atoms with Crippen molar-refractivity contribution in [3.63, 3.8) is 0 Å². The molecular formula is C15H18F3NO3. The van der Waals surface area contributed by atoms with Gasteiger partial charge < -0.3 is 9.84 Å². The summed E-state index contributed by atoms with van der Waals surface area (Å²) in [4.78, 5) is 13.0. The molecule has 1 aromatic carbocycles. The van der Waals surface area contributed by atoms with E-state index in [9.17, 15) is 18.0 Å². The van der Waals surface area contributed by atoms with E-state index >= 15 is 0 Å². The van der Waals surface area contributed by atoms with Gasteiger partial charge in [0.2, 0.25) is 0 Å². The van der Waals surface area contributed by atoms with Crippen molar-refractivity contribution in [2.45, 2.75) is 39.0 Å². The van der Waals surface area contributed by atoms with Crippen LogP contribution in [-0.2, 0) is 11.3 Å². The molecule has 1 aliphatic heterocycles. The smallest absolute Gasteiger partial charge is 0.387 e. The van der Waals surface area contributed by atoms with Gasteiger partial charge in [0, 0.05) is 19.1 Å². The van der Waals surface area contributed by atoms with Crippen LogP contribution in [0.1, 0.15) is 25.3 Å². The quantitative estimate of drug-likeness (QED) is 0.906. The van der Waals surface area contributed by atoms with Crippen LogP contribution in [0, 0.1) is 11.7 Å². The van der Waals surface area contributed by atoms with Crippen LogP contribution in [0.4, 0.5) is 13.2 Å². The van der Waals surface area contributed by atoms with Crippen LogP contribution in [0.5, 0.6) is 5.75 Å². The zero-order valence-corrected chi connectivity index (χ0v) is 12.1. The Hall–Kier alpha value is -1.76. The first-order chi connectivity index (χ1) is 10.4. The Morgan fingerprint density at radius 1 is 1.45 bits per heavy atom. The summed E-state index contributed by atoms with van der Waals surface area (Å²) < 4.78 is 41.9. The van der Waals surface area contributed by atoms with Crippen LogP contribution in [0.3, 0.4) is 0 Å². The molecule has 0 radical (unpaired) electrons. The molecule has 0 amide bonds. The monoisotopic (exact) mass is 317 g/mol. The van der Waals surface area contributed by atoms with Gasteiger partial charge in [0.25, 0.3) is 0 Å². The van der Waals surface area contributed by atoms with Crippen LogP contribution in [0.25, 0.3) is 0 Å². The van der Waals surface area contributed by atoms with Crippen molar-refractivity contribution in [2.75, 3.05) is 6.54 Å². The first kappa shape index (κ1) is 16.6. The molecule has 0 aromatic heterocycles. The largest absolute Gasteiger partial charge is 0.481 e. The molecule has 2 atom stereocenters. The van der Waals surface area contributed by atoms with Gasteiger partial charge in [-0.2, -0.15) is 8.78 Å². The number of hydrogen-bond donors (Lipinski definition) is 1. The van der Waals surface area contributed by atoms with E-state index < -0.39 is 30.1 Å². The van der Waals surface area contributed by atoms with Gasteiger partial charge >= 0.3 is 12.6 Å². The van der Waals surface area contributed by atoms with Crippen molar-refractivity contribution >= 4 is 5.97 Å². The fourth-order valence-corrected chi connectivity index (χ4v) is 2.67. The fourth-order valence-electron chi connectivity index (χ4n) is 2.67. The minimum absolute atomic E-state index is 0.190. The van der Waals surface area contributed by atoms with Gasteiger partial charge in [-0.3, -0.25) is 9.69 Å². The Kier molecular flexibility index (Phi) is 5.28. The van der Waals surface area contributed by atoms with Crippen LogP contribution < -0.4 is 4.74 Å². The number of alkyl halides is 2. The van der Waals surface area contributed by atoms with E-state index in [1.807, 2.05) is 11.8 Å². The summed E-state index contributed by atoms with van der Waals surface area (Å²) in [6.07, 6.45) is 1.38. The number of piperidine rings is 1. The minimum Gasteiger partial charge on any atom is -0.481 e. The Balaban J connectivity index is 2.06. The number of carboxylic acids is 1. The van der Waals surface area contributed by atoms with Crippen molar-refractivity contribution in [1.29, 1.82) is 0 Å². The fraction of sp³-hybridized carbons (Fsp3) is 0.533. The third-order valence-electron chi connectivity index (χ3n) is 3.96. The molecule has 2 unspecified atom stereocenters. The zero-order valence-electron chi connectivity index (χ0n) is 12.1. The van der Waals surface area contributed by atoms with Gasteiger partial charge in [-0.05, 0) is 37.5 Å². The predicted molar refractivity (Wildman–Crippen MR) is 73.3 cm³/mol. The lowest BCUT2D eigenvalue weighted by Gasteiger charge is -2.36. The number of benzene rings is 1. The van der Waals surface area contributed by atoms with Crippen LogP contribution in [-0.4, -0.2) is 35.2 Å². The molecular weight excluding hydrogens is 299 g/mol. The zero-order chi connectivity index (χ0) is 16.3. The number of aliphatic carboxylic acids is 1. The van der Waals surface area contributed by atoms with E-state index in [4.69, 9.17) is 5.11 Å². The van der Waals surface area contributed by atoms with E-state index in [0.717, 1.165) is 12.5 Å². The van der Waals surface area contributed by atoms with Gasteiger partial charge in [-0.15, -0.1) is 0 Å². The van der Waals surface area contributed by atoms with E-state index in [1.54, 1.807) is 0 Å². The second-order valence-electron chi connectivity index (χ2n) is 5.53. The molecule has 1 fully saturated rings. The number of nitrogens with zero attached hydrogens (tertiary/aromatic N) is 1. The normalized spacial score (nSPS) is 22.8. The number of carboxylic acid groups (broad SMARTS) is 1. The maximum atomic E-state index is 13.7. The molecule has 0 aliphatic carbocycles. The molecule has 0 bridgehead atoms. The molecule has 1 aliphatic rings. The number of halogens is 3. The average Bonchev–Trinajstić information content (AvgIpc) is 2.43. The molecule has 22 heavy (non-hydrogen) atoms. The Morgan fingerprint density at radius 3 is 2.77 bits per heavy atom. The molecule has 1 saturated heterocycles. The van der Waals surface area contributed by atoms with Gasteiger partial charge in [0.1, 0.15) is 0 Å². The molecule has 1 N–H and O–H groups in total. The maximum Gasteiger partial charge on any atom is 0.387 e. The molecule has 122 valence electrons. The number of carbonyl (C=O) groups is 1. The SMILES string of the molecule is CC1CCC(C(=O)O)CN1Cc1ccc(OC(F)F)c(F)c1. The van der Waals surface area contributed by atoms with Gasteiger partial charge in [-0.1, -0.05) is 6.07 Å². The third kappa shape index (κ3) is 4.13. The first-order valence-corrected chi connectivity index (χ1v) is 7.07. The molecule has 7 heteroatoms. The van der Waals surface area contributed by atoms with E-state index in [2.05, 4.69) is 4.74 Å². The highest BCUT2D eigenvalue weighted by molar-refractivity contribution is 5.70. The standard InChI is InChI=1S/C15H18F3NO3/c1-9-2-4-11(14(20)21)8-19(9)7-10-3-5-13(12(16)6-10)22-15(17)18/h3,5-6,9,11,15H,2,4,7-8H2,1H3,(H,20,21). The Labute approximate surface area is 126 Å². The lowest BCUT2D eigenvalue weighted by molar-refractivity contribution is -0.144. The maximum absolute atomic E-state index is 13.7. The highest BCUT2D eigenvalue weighted by atomic mass is 19.3. The summed E-state index contributed by atoms with van der Waals surface area (Å²) >= 11 is 0. The van der Waals surface area contributed by atoms with E-state index in [0.29, 0.717) is 25.1 Å². The molecule has 0 spiro atoms. The minimum atomic E-state index is -3.07. The topological polar surface area (TPSA) is 49.8 Å². The molecule has 1 aromatic rings. The summed E-state index contributed by atoms with van der Waals surface area (Å²) in [6, 6.07) is 4.02. The molecule has 4 nitrogen and oxygen atoms in total. The number of likely N-dealkylation sites (tertiary alicyclic amines) is 1. The average molecular weight is 317 g/mol. The van der Waals surface area contributed by atoms with Gasteiger partial charge in [0.15, 0.2) is 11.6 Å². The van der Waals surface area contributed by atoms with Crippen LogP contribution in [0.2, 0.25) is 0 Å². The van der Waals surface area contributed by atoms with Crippen molar-refractivity contribution in [3.05, 3.63) is 29.6 Å². The Morgan fingerprint density at radius 2 is 2.18 bits per heavy atom. The second-order valence-corrected chi connectivity index (χ2v) is 5.53. The van der Waals surface area contributed by atoms with E-state index in [1.165, 1.54) is 12.1 Å². The van der Waals surface area contributed by atoms with Crippen molar-refractivity contribution in [1.82, 2.24) is 4.90 Å². The summed E-state index contributed by atoms with van der Waals surface area (Å²) in [5.41, 5.74) is 0.594. The van der Waals surface area contributed by atoms with Crippen molar-refractivity contribution in [3.8, 4) is 5.75 Å². The van der Waals surface area contributed by atoms with Crippen molar-refractivity contribution < 1.29 is 27.8 Å².